The predicted molar refractivity (Wildman–Crippen MR) is 85.0 cm³/mol. The lowest BCUT2D eigenvalue weighted by Gasteiger charge is -2.17. The van der Waals surface area contributed by atoms with Gasteiger partial charge in [0.05, 0.1) is 11.0 Å². The van der Waals surface area contributed by atoms with Gasteiger partial charge in [0.2, 0.25) is 0 Å². The Hall–Kier alpha value is -2.01. The quantitative estimate of drug-likeness (QED) is 0.723. The van der Waals surface area contributed by atoms with E-state index in [4.69, 9.17) is 9.47 Å². The molecule has 0 aliphatic carbocycles. The summed E-state index contributed by atoms with van der Waals surface area (Å²) in [4.78, 5) is 8.03. The van der Waals surface area contributed by atoms with Gasteiger partial charge in [-0.2, -0.15) is 0 Å². The van der Waals surface area contributed by atoms with Crippen LogP contribution in [0.5, 0.6) is 11.5 Å². The number of halogens is 1. The van der Waals surface area contributed by atoms with Gasteiger partial charge in [-0.25, -0.2) is 4.98 Å². The second kappa shape index (κ2) is 4.77. The van der Waals surface area contributed by atoms with E-state index in [1.807, 2.05) is 18.2 Å². The number of rotatable bonds is 1. The van der Waals surface area contributed by atoms with Gasteiger partial charge in [-0.15, -0.1) is 0 Å². The molecule has 0 bridgehead atoms. The first-order valence-corrected chi connectivity index (χ1v) is 7.56. The molecule has 1 aliphatic rings. The largest absolute Gasteiger partial charge is 0.486 e. The fourth-order valence-electron chi connectivity index (χ4n) is 2.49. The zero-order valence-electron chi connectivity index (χ0n) is 11.4. The molecular weight excluding hydrogens is 332 g/mol. The summed E-state index contributed by atoms with van der Waals surface area (Å²) in [5.41, 5.74) is 4.07. The van der Waals surface area contributed by atoms with Crippen LogP contribution in [0.4, 0.5) is 0 Å². The molecule has 2 aromatic carbocycles. The molecule has 0 atom stereocenters. The monoisotopic (exact) mass is 344 g/mol. The van der Waals surface area contributed by atoms with E-state index < -0.39 is 0 Å². The number of hydrogen-bond acceptors (Lipinski definition) is 3. The standard InChI is InChI=1S/C16H13BrN2O2/c1-9-2-3-11(17)10(6-9)16-18-12-7-14-15(8-13(12)19-16)21-5-4-20-14/h2-3,6-8H,4-5H2,1H3,(H,18,19). The van der Waals surface area contributed by atoms with Crippen LogP contribution >= 0.6 is 15.9 Å². The van der Waals surface area contributed by atoms with Crippen molar-refractivity contribution in [2.45, 2.75) is 6.92 Å². The van der Waals surface area contributed by atoms with Crippen LogP contribution in [0.25, 0.3) is 22.4 Å². The van der Waals surface area contributed by atoms with E-state index >= 15 is 0 Å². The summed E-state index contributed by atoms with van der Waals surface area (Å²) in [6, 6.07) is 10.1. The first-order chi connectivity index (χ1) is 10.2. The van der Waals surface area contributed by atoms with Crippen molar-refractivity contribution < 1.29 is 9.47 Å². The summed E-state index contributed by atoms with van der Waals surface area (Å²) in [5, 5.41) is 0. The third-order valence-electron chi connectivity index (χ3n) is 3.52. The highest BCUT2D eigenvalue weighted by molar-refractivity contribution is 9.10. The number of H-pyrrole nitrogens is 1. The first kappa shape index (κ1) is 12.7. The molecular formula is C16H13BrN2O2. The maximum atomic E-state index is 5.61. The molecule has 2 heterocycles. The molecule has 1 aromatic heterocycles. The van der Waals surface area contributed by atoms with Crippen molar-refractivity contribution in [3.05, 3.63) is 40.4 Å². The van der Waals surface area contributed by atoms with E-state index in [9.17, 15) is 0 Å². The van der Waals surface area contributed by atoms with Crippen molar-refractivity contribution >= 4 is 27.0 Å². The zero-order chi connectivity index (χ0) is 14.4. The van der Waals surface area contributed by atoms with E-state index in [1.165, 1.54) is 5.56 Å². The molecule has 1 aliphatic heterocycles. The molecule has 106 valence electrons. The van der Waals surface area contributed by atoms with E-state index in [2.05, 4.69) is 45.0 Å². The van der Waals surface area contributed by atoms with Crippen LogP contribution in [-0.4, -0.2) is 23.2 Å². The maximum Gasteiger partial charge on any atom is 0.163 e. The number of nitrogens with zero attached hydrogens (tertiary/aromatic N) is 1. The molecule has 3 aromatic rings. The third-order valence-corrected chi connectivity index (χ3v) is 4.21. The van der Waals surface area contributed by atoms with Crippen molar-refractivity contribution in [2.24, 2.45) is 0 Å². The Morgan fingerprint density at radius 2 is 1.86 bits per heavy atom. The Bertz CT molecular complexity index is 799. The maximum absolute atomic E-state index is 5.61. The van der Waals surface area contributed by atoms with Gasteiger partial charge in [0.1, 0.15) is 19.0 Å². The second-order valence-electron chi connectivity index (χ2n) is 5.08. The summed E-state index contributed by atoms with van der Waals surface area (Å²) in [5.74, 6) is 2.37. The highest BCUT2D eigenvalue weighted by Gasteiger charge is 2.16. The first-order valence-electron chi connectivity index (χ1n) is 6.76. The van der Waals surface area contributed by atoms with E-state index in [0.29, 0.717) is 13.2 Å². The second-order valence-corrected chi connectivity index (χ2v) is 5.94. The Morgan fingerprint density at radius 3 is 2.67 bits per heavy atom. The van der Waals surface area contributed by atoms with Crippen LogP contribution in [-0.2, 0) is 0 Å². The number of aryl methyl sites for hydroxylation is 1. The molecule has 0 unspecified atom stereocenters. The number of aromatic amines is 1. The van der Waals surface area contributed by atoms with Crippen molar-refractivity contribution in [1.82, 2.24) is 9.97 Å². The Labute approximate surface area is 130 Å². The highest BCUT2D eigenvalue weighted by atomic mass is 79.9. The molecule has 0 fully saturated rings. The summed E-state index contributed by atoms with van der Waals surface area (Å²) in [6.07, 6.45) is 0. The minimum absolute atomic E-state index is 0.583. The van der Waals surface area contributed by atoms with Crippen LogP contribution in [0.2, 0.25) is 0 Å². The fraction of sp³-hybridized carbons (Fsp3) is 0.188. The highest BCUT2D eigenvalue weighted by Crippen LogP contribution is 2.35. The van der Waals surface area contributed by atoms with Crippen molar-refractivity contribution in [3.63, 3.8) is 0 Å². The van der Waals surface area contributed by atoms with Gasteiger partial charge in [-0.3, -0.25) is 0 Å². The summed E-state index contributed by atoms with van der Waals surface area (Å²) in [6.45, 7) is 3.24. The van der Waals surface area contributed by atoms with Gasteiger partial charge in [0.25, 0.3) is 0 Å². The van der Waals surface area contributed by atoms with Gasteiger partial charge >= 0.3 is 0 Å². The lowest BCUT2D eigenvalue weighted by atomic mass is 10.1. The third kappa shape index (κ3) is 2.17. The summed E-state index contributed by atoms with van der Waals surface area (Å²) in [7, 11) is 0. The average Bonchev–Trinajstić information content (AvgIpc) is 2.89. The van der Waals surface area contributed by atoms with Gasteiger partial charge in [0, 0.05) is 22.2 Å². The Balaban J connectivity index is 1.88. The van der Waals surface area contributed by atoms with E-state index in [0.717, 1.165) is 38.4 Å². The molecule has 5 heteroatoms. The summed E-state index contributed by atoms with van der Waals surface area (Å²) >= 11 is 3.58. The molecule has 4 rings (SSSR count). The van der Waals surface area contributed by atoms with Crippen molar-refractivity contribution in [3.8, 4) is 22.9 Å². The fourth-order valence-corrected chi connectivity index (χ4v) is 2.93. The van der Waals surface area contributed by atoms with Crippen LogP contribution in [0, 0.1) is 6.92 Å². The number of nitrogens with one attached hydrogen (secondary N) is 1. The van der Waals surface area contributed by atoms with E-state index in [-0.39, 0.29) is 0 Å². The zero-order valence-corrected chi connectivity index (χ0v) is 13.0. The van der Waals surface area contributed by atoms with Gasteiger partial charge in [-0.05, 0) is 19.1 Å². The van der Waals surface area contributed by atoms with Crippen molar-refractivity contribution in [2.75, 3.05) is 13.2 Å². The molecule has 0 radical (unpaired) electrons. The topological polar surface area (TPSA) is 47.1 Å². The average molecular weight is 345 g/mol. The number of hydrogen-bond donors (Lipinski definition) is 1. The Morgan fingerprint density at radius 1 is 1.10 bits per heavy atom. The molecule has 1 N–H and O–H groups in total. The molecule has 0 saturated heterocycles. The molecule has 0 saturated carbocycles. The smallest absolute Gasteiger partial charge is 0.163 e. The molecule has 0 spiro atoms. The molecule has 21 heavy (non-hydrogen) atoms. The van der Waals surface area contributed by atoms with Crippen LogP contribution in [0.3, 0.4) is 0 Å². The number of fused-ring (bicyclic) bond motifs is 2. The van der Waals surface area contributed by atoms with Gasteiger partial charge in [0.15, 0.2) is 11.5 Å². The number of ether oxygens (including phenoxy) is 2. The Kier molecular flexibility index (Phi) is 2.89. The van der Waals surface area contributed by atoms with Crippen molar-refractivity contribution in [1.29, 1.82) is 0 Å². The minimum Gasteiger partial charge on any atom is -0.486 e. The minimum atomic E-state index is 0.583. The van der Waals surface area contributed by atoms with Gasteiger partial charge in [-0.1, -0.05) is 27.6 Å². The summed E-state index contributed by atoms with van der Waals surface area (Å²) < 4.78 is 12.2. The van der Waals surface area contributed by atoms with Crippen LogP contribution < -0.4 is 9.47 Å². The number of aromatic nitrogens is 2. The normalized spacial score (nSPS) is 13.6. The number of imidazole rings is 1. The predicted octanol–water partition coefficient (Wildman–Crippen LogP) is 4.07. The van der Waals surface area contributed by atoms with Crippen LogP contribution in [0.15, 0.2) is 34.8 Å². The lowest BCUT2D eigenvalue weighted by Crippen LogP contribution is -2.15. The molecule has 4 nitrogen and oxygen atoms in total. The van der Waals surface area contributed by atoms with Crippen LogP contribution in [0.1, 0.15) is 5.56 Å². The van der Waals surface area contributed by atoms with Gasteiger partial charge < -0.3 is 14.5 Å². The lowest BCUT2D eigenvalue weighted by molar-refractivity contribution is 0.172. The number of benzene rings is 2. The van der Waals surface area contributed by atoms with E-state index in [1.54, 1.807) is 0 Å². The SMILES string of the molecule is Cc1ccc(Br)c(-c2nc3cc4c(cc3[nH]2)OCCO4)c1. The molecule has 0 amide bonds.